The predicted molar refractivity (Wildman–Crippen MR) is 83.5 cm³/mol. The van der Waals surface area contributed by atoms with E-state index >= 15 is 0 Å². The lowest BCUT2D eigenvalue weighted by Crippen LogP contribution is -2.27. The monoisotopic (exact) mass is 308 g/mol. The van der Waals surface area contributed by atoms with Crippen LogP contribution in [0, 0.1) is 25.2 Å². The van der Waals surface area contributed by atoms with Crippen molar-refractivity contribution in [2.24, 2.45) is 11.3 Å². The number of hydrogen-bond donors (Lipinski definition) is 0. The predicted octanol–water partition coefficient (Wildman–Crippen LogP) is 5.44. The Morgan fingerprint density at radius 2 is 2.00 bits per heavy atom. The molecule has 100 valence electrons. The molecule has 2 atom stereocenters. The Hall–Kier alpha value is -0.300. The van der Waals surface area contributed by atoms with Gasteiger partial charge >= 0.3 is 0 Å². The SMILES string of the molecule is Cc1ccc(CC(Br)C2CCCC2(C)C)cc1C. The summed E-state index contributed by atoms with van der Waals surface area (Å²) in [5.74, 6) is 0.819. The summed E-state index contributed by atoms with van der Waals surface area (Å²) in [5, 5.41) is 0. The van der Waals surface area contributed by atoms with Crippen LogP contribution in [0.1, 0.15) is 49.8 Å². The van der Waals surface area contributed by atoms with E-state index in [1.54, 1.807) is 0 Å². The Kier molecular flexibility index (Phi) is 4.21. The Balaban J connectivity index is 2.07. The molecule has 1 aromatic carbocycles. The molecule has 0 spiro atoms. The Labute approximate surface area is 120 Å². The van der Waals surface area contributed by atoms with Crippen LogP contribution in [-0.2, 0) is 6.42 Å². The zero-order chi connectivity index (χ0) is 13.3. The van der Waals surface area contributed by atoms with Crippen molar-refractivity contribution in [3.63, 3.8) is 0 Å². The molecule has 2 unspecified atom stereocenters. The first-order valence-electron chi connectivity index (χ1n) is 7.10. The van der Waals surface area contributed by atoms with Crippen LogP contribution >= 0.6 is 15.9 Å². The van der Waals surface area contributed by atoms with E-state index in [0.717, 1.165) is 12.3 Å². The summed E-state index contributed by atoms with van der Waals surface area (Å²) < 4.78 is 0. The fourth-order valence-corrected chi connectivity index (χ4v) is 4.68. The number of alkyl halides is 1. The molecule has 1 aliphatic rings. The standard InChI is InChI=1S/C17H25Br/c1-12-7-8-14(10-13(12)2)11-16(18)15-6-5-9-17(15,3)4/h7-8,10,15-16H,5-6,9,11H2,1-4H3. The normalized spacial score (nSPS) is 24.2. The molecular weight excluding hydrogens is 284 g/mol. The molecular formula is C17H25Br. The van der Waals surface area contributed by atoms with Gasteiger partial charge in [0.15, 0.2) is 0 Å². The van der Waals surface area contributed by atoms with Gasteiger partial charge in [-0.05, 0) is 61.1 Å². The fourth-order valence-electron chi connectivity index (χ4n) is 3.32. The van der Waals surface area contributed by atoms with Crippen LogP contribution in [0.3, 0.4) is 0 Å². The highest BCUT2D eigenvalue weighted by Crippen LogP contribution is 2.47. The molecule has 0 radical (unpaired) electrons. The van der Waals surface area contributed by atoms with Gasteiger partial charge in [-0.3, -0.25) is 0 Å². The molecule has 0 N–H and O–H groups in total. The van der Waals surface area contributed by atoms with Gasteiger partial charge in [0.1, 0.15) is 0 Å². The Morgan fingerprint density at radius 3 is 2.56 bits per heavy atom. The van der Waals surface area contributed by atoms with Crippen LogP contribution < -0.4 is 0 Å². The van der Waals surface area contributed by atoms with Crippen molar-refractivity contribution in [3.05, 3.63) is 34.9 Å². The van der Waals surface area contributed by atoms with Crippen molar-refractivity contribution in [2.75, 3.05) is 0 Å². The summed E-state index contributed by atoms with van der Waals surface area (Å²) >= 11 is 3.96. The summed E-state index contributed by atoms with van der Waals surface area (Å²) in [4.78, 5) is 0.622. The molecule has 1 saturated carbocycles. The first-order chi connectivity index (χ1) is 8.40. The molecule has 0 saturated heterocycles. The van der Waals surface area contributed by atoms with E-state index in [2.05, 4.69) is 61.8 Å². The lowest BCUT2D eigenvalue weighted by Gasteiger charge is -2.31. The molecule has 0 heterocycles. The van der Waals surface area contributed by atoms with Gasteiger partial charge < -0.3 is 0 Å². The van der Waals surface area contributed by atoms with Gasteiger partial charge in [0.25, 0.3) is 0 Å². The number of aryl methyl sites for hydroxylation is 2. The highest BCUT2D eigenvalue weighted by atomic mass is 79.9. The van der Waals surface area contributed by atoms with Gasteiger partial charge in [0.05, 0.1) is 0 Å². The third-order valence-electron chi connectivity index (χ3n) is 4.78. The van der Waals surface area contributed by atoms with E-state index in [9.17, 15) is 0 Å². The minimum Gasteiger partial charge on any atom is -0.0884 e. The summed E-state index contributed by atoms with van der Waals surface area (Å²) in [7, 11) is 0. The van der Waals surface area contributed by atoms with Crippen molar-refractivity contribution in [3.8, 4) is 0 Å². The van der Waals surface area contributed by atoms with Crippen molar-refractivity contribution in [2.45, 2.75) is 58.2 Å². The lowest BCUT2D eigenvalue weighted by atomic mass is 9.78. The molecule has 0 nitrogen and oxygen atoms in total. The molecule has 1 aliphatic carbocycles. The van der Waals surface area contributed by atoms with Crippen LogP contribution in [0.4, 0.5) is 0 Å². The van der Waals surface area contributed by atoms with Crippen molar-refractivity contribution >= 4 is 15.9 Å². The minimum absolute atomic E-state index is 0.508. The second-order valence-electron chi connectivity index (χ2n) is 6.63. The smallest absolute Gasteiger partial charge is 0.0219 e. The van der Waals surface area contributed by atoms with Gasteiger partial charge in [-0.1, -0.05) is 54.4 Å². The first-order valence-corrected chi connectivity index (χ1v) is 8.02. The quantitative estimate of drug-likeness (QED) is 0.653. The maximum Gasteiger partial charge on any atom is 0.0219 e. The molecule has 1 aromatic rings. The van der Waals surface area contributed by atoms with E-state index in [-0.39, 0.29) is 0 Å². The molecule has 0 amide bonds. The fraction of sp³-hybridized carbons (Fsp3) is 0.647. The molecule has 18 heavy (non-hydrogen) atoms. The summed E-state index contributed by atoms with van der Waals surface area (Å²) in [6.07, 6.45) is 5.32. The zero-order valence-corrected chi connectivity index (χ0v) is 13.7. The highest BCUT2D eigenvalue weighted by molar-refractivity contribution is 9.09. The molecule has 0 aliphatic heterocycles. The number of rotatable bonds is 3. The van der Waals surface area contributed by atoms with Gasteiger partial charge in [-0.15, -0.1) is 0 Å². The van der Waals surface area contributed by atoms with E-state index in [0.29, 0.717) is 10.2 Å². The second kappa shape index (κ2) is 5.36. The Bertz CT molecular complexity index is 420. The molecule has 1 fully saturated rings. The van der Waals surface area contributed by atoms with Crippen molar-refractivity contribution in [1.82, 2.24) is 0 Å². The average molecular weight is 309 g/mol. The third kappa shape index (κ3) is 2.99. The van der Waals surface area contributed by atoms with Crippen LogP contribution in [0.25, 0.3) is 0 Å². The van der Waals surface area contributed by atoms with E-state index in [1.807, 2.05) is 0 Å². The second-order valence-corrected chi connectivity index (χ2v) is 7.80. The number of halogens is 1. The van der Waals surface area contributed by atoms with Crippen molar-refractivity contribution < 1.29 is 0 Å². The van der Waals surface area contributed by atoms with Gasteiger partial charge in [-0.25, -0.2) is 0 Å². The maximum absolute atomic E-state index is 3.96. The first kappa shape index (κ1) is 14.1. The topological polar surface area (TPSA) is 0 Å². The summed E-state index contributed by atoms with van der Waals surface area (Å²) in [6.45, 7) is 9.25. The van der Waals surface area contributed by atoms with Crippen LogP contribution in [0.5, 0.6) is 0 Å². The van der Waals surface area contributed by atoms with Gasteiger partial charge in [-0.2, -0.15) is 0 Å². The Morgan fingerprint density at radius 1 is 1.28 bits per heavy atom. The van der Waals surface area contributed by atoms with E-state index < -0.39 is 0 Å². The summed E-state index contributed by atoms with van der Waals surface area (Å²) in [5.41, 5.74) is 4.79. The van der Waals surface area contributed by atoms with E-state index in [1.165, 1.54) is 36.0 Å². The third-order valence-corrected chi connectivity index (χ3v) is 5.74. The van der Waals surface area contributed by atoms with Crippen LogP contribution in [-0.4, -0.2) is 4.83 Å². The molecule has 0 aromatic heterocycles. The molecule has 0 bridgehead atoms. The largest absolute Gasteiger partial charge is 0.0884 e. The van der Waals surface area contributed by atoms with Gasteiger partial charge in [0.2, 0.25) is 0 Å². The highest BCUT2D eigenvalue weighted by Gasteiger charge is 2.38. The summed E-state index contributed by atoms with van der Waals surface area (Å²) in [6, 6.07) is 6.90. The number of benzene rings is 1. The lowest BCUT2D eigenvalue weighted by molar-refractivity contribution is 0.255. The molecule has 1 heteroatoms. The van der Waals surface area contributed by atoms with Crippen LogP contribution in [0.2, 0.25) is 0 Å². The number of hydrogen-bond acceptors (Lipinski definition) is 0. The van der Waals surface area contributed by atoms with E-state index in [4.69, 9.17) is 0 Å². The average Bonchev–Trinajstić information content (AvgIpc) is 2.63. The van der Waals surface area contributed by atoms with Gasteiger partial charge in [0, 0.05) is 4.83 Å². The minimum atomic E-state index is 0.508. The zero-order valence-electron chi connectivity index (χ0n) is 12.1. The maximum atomic E-state index is 3.96. The van der Waals surface area contributed by atoms with Crippen LogP contribution in [0.15, 0.2) is 18.2 Å². The molecule has 2 rings (SSSR count). The van der Waals surface area contributed by atoms with Crippen molar-refractivity contribution in [1.29, 1.82) is 0 Å².